The number of rotatable bonds is 4. The van der Waals surface area contributed by atoms with Gasteiger partial charge in [0.15, 0.2) is 0 Å². The van der Waals surface area contributed by atoms with E-state index in [1.807, 2.05) is 28.0 Å². The Morgan fingerprint density at radius 1 is 0.923 bits per heavy atom. The van der Waals surface area contributed by atoms with Crippen molar-refractivity contribution in [1.29, 1.82) is 0 Å². The smallest absolute Gasteiger partial charge is 0.254 e. The lowest BCUT2D eigenvalue weighted by Gasteiger charge is -2.30. The van der Waals surface area contributed by atoms with E-state index < -0.39 is 0 Å². The first kappa shape index (κ1) is 19.2. The van der Waals surface area contributed by atoms with E-state index in [2.05, 4.69) is 4.90 Å². The lowest BCUT2D eigenvalue weighted by molar-refractivity contribution is 0.0721. The minimum absolute atomic E-state index is 0. The van der Waals surface area contributed by atoms with Gasteiger partial charge in [-0.1, -0.05) is 0 Å². The van der Waals surface area contributed by atoms with Crippen molar-refractivity contribution >= 4 is 24.2 Å². The monoisotopic (exact) mass is 377 g/mol. The van der Waals surface area contributed by atoms with Crippen molar-refractivity contribution in [1.82, 2.24) is 14.7 Å². The summed E-state index contributed by atoms with van der Waals surface area (Å²) in [6, 6.07) is 5.65. The Kier molecular flexibility index (Phi) is 6.20. The Labute approximate surface area is 161 Å². The SMILES string of the molecule is Cl.O=C(c1ccc2c(c1)CCN(CCN1CCCC1)C2=O)N1CCCC1. The normalized spacial score (nSPS) is 20.2. The van der Waals surface area contributed by atoms with Gasteiger partial charge in [-0.3, -0.25) is 9.59 Å². The van der Waals surface area contributed by atoms with E-state index in [1.54, 1.807) is 0 Å². The number of halogens is 1. The van der Waals surface area contributed by atoms with E-state index in [-0.39, 0.29) is 24.2 Å². The second kappa shape index (κ2) is 8.40. The van der Waals surface area contributed by atoms with Crippen LogP contribution in [0, 0.1) is 0 Å². The predicted molar refractivity (Wildman–Crippen MR) is 104 cm³/mol. The van der Waals surface area contributed by atoms with E-state index in [1.165, 1.54) is 25.9 Å². The highest BCUT2D eigenvalue weighted by Gasteiger charge is 2.27. The summed E-state index contributed by atoms with van der Waals surface area (Å²) in [6.45, 7) is 6.61. The highest BCUT2D eigenvalue weighted by atomic mass is 35.5. The topological polar surface area (TPSA) is 43.9 Å². The molecule has 6 heteroatoms. The minimum atomic E-state index is 0. The van der Waals surface area contributed by atoms with Gasteiger partial charge in [0.1, 0.15) is 0 Å². The summed E-state index contributed by atoms with van der Waals surface area (Å²) in [6.07, 6.45) is 5.61. The number of amides is 2. The third-order valence-electron chi connectivity index (χ3n) is 5.80. The fourth-order valence-corrected chi connectivity index (χ4v) is 4.25. The van der Waals surface area contributed by atoms with Crippen molar-refractivity contribution in [3.05, 3.63) is 34.9 Å². The van der Waals surface area contributed by atoms with Crippen LogP contribution in [0.15, 0.2) is 18.2 Å². The minimum Gasteiger partial charge on any atom is -0.339 e. The van der Waals surface area contributed by atoms with Crippen LogP contribution in [0.4, 0.5) is 0 Å². The molecule has 142 valence electrons. The maximum Gasteiger partial charge on any atom is 0.254 e. The number of carbonyl (C=O) groups is 2. The predicted octanol–water partition coefficient (Wildman–Crippen LogP) is 2.44. The molecule has 3 aliphatic heterocycles. The first-order chi connectivity index (χ1) is 12.2. The van der Waals surface area contributed by atoms with Gasteiger partial charge in [0.05, 0.1) is 0 Å². The van der Waals surface area contributed by atoms with Gasteiger partial charge >= 0.3 is 0 Å². The third-order valence-corrected chi connectivity index (χ3v) is 5.80. The van der Waals surface area contributed by atoms with Gasteiger partial charge in [-0.05, 0) is 69.0 Å². The van der Waals surface area contributed by atoms with Crippen molar-refractivity contribution < 1.29 is 9.59 Å². The summed E-state index contributed by atoms with van der Waals surface area (Å²) < 4.78 is 0. The number of fused-ring (bicyclic) bond motifs is 1. The zero-order chi connectivity index (χ0) is 17.2. The quantitative estimate of drug-likeness (QED) is 0.809. The van der Waals surface area contributed by atoms with Gasteiger partial charge in [-0.25, -0.2) is 0 Å². The summed E-state index contributed by atoms with van der Waals surface area (Å²) in [5, 5.41) is 0. The highest BCUT2D eigenvalue weighted by Crippen LogP contribution is 2.22. The van der Waals surface area contributed by atoms with Crippen LogP contribution in [-0.2, 0) is 6.42 Å². The van der Waals surface area contributed by atoms with Gasteiger partial charge in [-0.15, -0.1) is 12.4 Å². The largest absolute Gasteiger partial charge is 0.339 e. The first-order valence-corrected chi connectivity index (χ1v) is 9.66. The average molecular weight is 378 g/mol. The summed E-state index contributed by atoms with van der Waals surface area (Å²) in [5.74, 6) is 0.241. The van der Waals surface area contributed by atoms with Gasteiger partial charge in [0.25, 0.3) is 11.8 Å². The van der Waals surface area contributed by atoms with E-state index in [0.717, 1.165) is 68.7 Å². The summed E-state index contributed by atoms with van der Waals surface area (Å²) in [4.78, 5) is 31.7. The van der Waals surface area contributed by atoms with Crippen LogP contribution in [0.2, 0.25) is 0 Å². The molecule has 1 aromatic rings. The molecular formula is C20H28ClN3O2. The lowest BCUT2D eigenvalue weighted by Crippen LogP contribution is -2.42. The van der Waals surface area contributed by atoms with Crippen molar-refractivity contribution in [2.75, 3.05) is 45.8 Å². The first-order valence-electron chi connectivity index (χ1n) is 9.66. The molecular weight excluding hydrogens is 350 g/mol. The Morgan fingerprint density at radius 3 is 2.35 bits per heavy atom. The molecule has 0 aromatic heterocycles. The average Bonchev–Trinajstić information content (AvgIpc) is 3.34. The molecule has 26 heavy (non-hydrogen) atoms. The van der Waals surface area contributed by atoms with Gasteiger partial charge in [0.2, 0.25) is 0 Å². The van der Waals surface area contributed by atoms with Gasteiger partial charge < -0.3 is 14.7 Å². The fourth-order valence-electron chi connectivity index (χ4n) is 4.25. The van der Waals surface area contributed by atoms with Crippen LogP contribution < -0.4 is 0 Å². The Morgan fingerprint density at radius 2 is 1.62 bits per heavy atom. The summed E-state index contributed by atoms with van der Waals surface area (Å²) >= 11 is 0. The number of benzene rings is 1. The van der Waals surface area contributed by atoms with Crippen LogP contribution in [0.25, 0.3) is 0 Å². The molecule has 0 bridgehead atoms. The lowest BCUT2D eigenvalue weighted by atomic mass is 9.96. The standard InChI is InChI=1S/C20H27N3O2.ClH/c24-19(22-10-3-4-11-22)17-5-6-18-16(15-17)7-12-23(20(18)25)14-13-21-8-1-2-9-21;/h5-6,15H,1-4,7-14H2;1H. The molecule has 0 aliphatic carbocycles. The molecule has 2 saturated heterocycles. The van der Waals surface area contributed by atoms with Crippen LogP contribution in [0.5, 0.6) is 0 Å². The molecule has 0 unspecified atom stereocenters. The maximum absolute atomic E-state index is 12.8. The molecule has 4 rings (SSSR count). The highest BCUT2D eigenvalue weighted by molar-refractivity contribution is 6.00. The summed E-state index contributed by atoms with van der Waals surface area (Å²) in [5.41, 5.74) is 2.55. The maximum atomic E-state index is 12.8. The number of nitrogens with zero attached hydrogens (tertiary/aromatic N) is 3. The molecule has 0 atom stereocenters. The van der Waals surface area contributed by atoms with Gasteiger partial charge in [0, 0.05) is 43.9 Å². The molecule has 3 heterocycles. The Hall–Kier alpha value is -1.59. The Bertz CT molecular complexity index is 667. The molecule has 2 amide bonds. The van der Waals surface area contributed by atoms with E-state index >= 15 is 0 Å². The molecule has 3 aliphatic rings. The zero-order valence-corrected chi connectivity index (χ0v) is 16.1. The number of carbonyl (C=O) groups excluding carboxylic acids is 2. The van der Waals surface area contributed by atoms with E-state index in [9.17, 15) is 9.59 Å². The zero-order valence-electron chi connectivity index (χ0n) is 15.3. The number of hydrogen-bond acceptors (Lipinski definition) is 3. The molecule has 5 nitrogen and oxygen atoms in total. The molecule has 0 spiro atoms. The molecule has 0 N–H and O–H groups in total. The van der Waals surface area contributed by atoms with Crippen molar-refractivity contribution in [3.63, 3.8) is 0 Å². The van der Waals surface area contributed by atoms with Crippen molar-refractivity contribution in [2.45, 2.75) is 32.1 Å². The van der Waals surface area contributed by atoms with Crippen LogP contribution >= 0.6 is 12.4 Å². The molecule has 0 saturated carbocycles. The molecule has 2 fully saturated rings. The van der Waals surface area contributed by atoms with Crippen LogP contribution in [-0.4, -0.2) is 72.3 Å². The van der Waals surface area contributed by atoms with E-state index in [4.69, 9.17) is 0 Å². The van der Waals surface area contributed by atoms with Crippen LogP contribution in [0.1, 0.15) is 52.0 Å². The van der Waals surface area contributed by atoms with Crippen LogP contribution in [0.3, 0.4) is 0 Å². The second-order valence-electron chi connectivity index (χ2n) is 7.46. The molecule has 0 radical (unpaired) electrons. The number of likely N-dealkylation sites (tertiary alicyclic amines) is 2. The number of hydrogen-bond donors (Lipinski definition) is 0. The fraction of sp³-hybridized carbons (Fsp3) is 0.600. The summed E-state index contributed by atoms with van der Waals surface area (Å²) in [7, 11) is 0. The second-order valence-corrected chi connectivity index (χ2v) is 7.46. The van der Waals surface area contributed by atoms with Crippen molar-refractivity contribution in [3.8, 4) is 0 Å². The Balaban J connectivity index is 0.00000196. The van der Waals surface area contributed by atoms with Gasteiger partial charge in [-0.2, -0.15) is 0 Å². The van der Waals surface area contributed by atoms with E-state index in [0.29, 0.717) is 0 Å². The third kappa shape index (κ3) is 3.89. The van der Waals surface area contributed by atoms with Crippen molar-refractivity contribution in [2.24, 2.45) is 0 Å². The molecule has 1 aromatic carbocycles.